The number of benzene rings is 1. The Labute approximate surface area is 191 Å². The molecule has 0 unspecified atom stereocenters. The van der Waals surface area contributed by atoms with Crippen LogP contribution in [0.2, 0.25) is 0 Å². The molecule has 2 aromatic rings. The highest BCUT2D eigenvalue weighted by atomic mass is 79.9. The van der Waals surface area contributed by atoms with Crippen molar-refractivity contribution in [2.45, 2.75) is 36.6 Å². The highest BCUT2D eigenvalue weighted by Gasteiger charge is 2.26. The maximum Gasteiger partial charge on any atom is 0.224 e. The molecule has 2 heterocycles. The summed E-state index contributed by atoms with van der Waals surface area (Å²) in [5.41, 5.74) is 0. The lowest BCUT2D eigenvalue weighted by Gasteiger charge is -2.32. The van der Waals surface area contributed by atoms with Gasteiger partial charge < -0.3 is 15.1 Å². The number of nitrogens with zero attached hydrogens (tertiary/aromatic N) is 4. The molecule has 8 heteroatoms. The van der Waals surface area contributed by atoms with Crippen molar-refractivity contribution in [1.82, 2.24) is 20.4 Å². The van der Waals surface area contributed by atoms with E-state index in [2.05, 4.69) is 67.2 Å². The molecule has 1 aliphatic heterocycles. The van der Waals surface area contributed by atoms with E-state index in [1.165, 1.54) is 0 Å². The number of amides is 1. The van der Waals surface area contributed by atoms with Crippen LogP contribution in [0.4, 0.5) is 5.82 Å². The van der Waals surface area contributed by atoms with E-state index in [0.29, 0.717) is 13.1 Å². The van der Waals surface area contributed by atoms with Gasteiger partial charge >= 0.3 is 0 Å². The van der Waals surface area contributed by atoms with Gasteiger partial charge in [0.05, 0.1) is 5.92 Å². The van der Waals surface area contributed by atoms with Gasteiger partial charge in [-0.2, -0.15) is 0 Å². The van der Waals surface area contributed by atoms with Gasteiger partial charge in [-0.1, -0.05) is 41.5 Å². The first-order valence-electron chi connectivity index (χ1n) is 10.6. The van der Waals surface area contributed by atoms with Gasteiger partial charge in [-0.05, 0) is 62.3 Å². The van der Waals surface area contributed by atoms with Crippen LogP contribution in [0.5, 0.6) is 0 Å². The summed E-state index contributed by atoms with van der Waals surface area (Å²) in [5, 5.41) is 12.8. The van der Waals surface area contributed by atoms with E-state index in [9.17, 15) is 4.79 Å². The van der Waals surface area contributed by atoms with Gasteiger partial charge in [0.2, 0.25) is 5.91 Å². The number of carbonyl (C=O) groups excluding carboxylic acids is 1. The Bertz CT molecular complexity index is 798. The second-order valence-electron chi connectivity index (χ2n) is 7.39. The van der Waals surface area contributed by atoms with E-state index in [-0.39, 0.29) is 11.8 Å². The number of rotatable bonds is 9. The largest absolute Gasteiger partial charge is 0.355 e. The molecular weight excluding hydrogens is 462 g/mol. The number of carbonyl (C=O) groups is 1. The van der Waals surface area contributed by atoms with Crippen LogP contribution in [0, 0.1) is 5.92 Å². The predicted molar refractivity (Wildman–Crippen MR) is 126 cm³/mol. The van der Waals surface area contributed by atoms with E-state index in [1.54, 1.807) is 11.8 Å². The second-order valence-corrected chi connectivity index (χ2v) is 9.40. The third-order valence-electron chi connectivity index (χ3n) is 5.40. The number of aromatic nitrogens is 2. The second kappa shape index (κ2) is 11.7. The van der Waals surface area contributed by atoms with Crippen LogP contribution < -0.4 is 10.2 Å². The Morgan fingerprint density at radius 2 is 1.97 bits per heavy atom. The molecule has 1 aromatic heterocycles. The maximum absolute atomic E-state index is 12.6. The molecule has 1 atom stereocenters. The van der Waals surface area contributed by atoms with Gasteiger partial charge in [-0.15, -0.1) is 10.2 Å². The molecule has 6 nitrogen and oxygen atoms in total. The number of likely N-dealkylation sites (N-methyl/N-ethyl adjacent to an activating group) is 1. The van der Waals surface area contributed by atoms with Crippen LogP contribution in [0.25, 0.3) is 0 Å². The zero-order valence-electron chi connectivity index (χ0n) is 17.7. The summed E-state index contributed by atoms with van der Waals surface area (Å²) in [6.45, 7) is 9.54. The first kappa shape index (κ1) is 23.0. The molecule has 1 fully saturated rings. The molecule has 0 saturated carbocycles. The molecule has 1 amide bonds. The summed E-state index contributed by atoms with van der Waals surface area (Å²) in [6.07, 6.45) is 1.92. The lowest BCUT2D eigenvalue weighted by atomic mass is 9.97. The molecule has 162 valence electrons. The van der Waals surface area contributed by atoms with Crippen LogP contribution in [-0.4, -0.2) is 60.3 Å². The Kier molecular flexibility index (Phi) is 8.96. The van der Waals surface area contributed by atoms with Crippen molar-refractivity contribution in [3.8, 4) is 0 Å². The van der Waals surface area contributed by atoms with Crippen LogP contribution in [-0.2, 0) is 4.79 Å². The molecule has 3 rings (SSSR count). The Balaban J connectivity index is 1.52. The molecule has 1 N–H and O–H groups in total. The smallest absolute Gasteiger partial charge is 0.224 e. The van der Waals surface area contributed by atoms with Crippen molar-refractivity contribution >= 4 is 39.4 Å². The number of piperidine rings is 1. The summed E-state index contributed by atoms with van der Waals surface area (Å²) in [5.74, 6) is 1.01. The maximum atomic E-state index is 12.6. The topological polar surface area (TPSA) is 61.4 Å². The van der Waals surface area contributed by atoms with Crippen molar-refractivity contribution in [1.29, 1.82) is 0 Å². The molecule has 0 radical (unpaired) electrons. The highest BCUT2D eigenvalue weighted by Crippen LogP contribution is 2.28. The normalized spacial score (nSPS) is 16.7. The van der Waals surface area contributed by atoms with Gasteiger partial charge in [0.15, 0.2) is 5.82 Å². The Morgan fingerprint density at radius 3 is 2.63 bits per heavy atom. The molecule has 1 aromatic carbocycles. The number of halogens is 1. The number of anilines is 1. The van der Waals surface area contributed by atoms with Crippen LogP contribution in [0.3, 0.4) is 0 Å². The third-order valence-corrected chi connectivity index (χ3v) is 6.86. The minimum absolute atomic E-state index is 0.00840. The van der Waals surface area contributed by atoms with Crippen molar-refractivity contribution in [3.63, 3.8) is 0 Å². The Hall–Kier alpha value is -1.64. The minimum atomic E-state index is 0.00840. The van der Waals surface area contributed by atoms with Gasteiger partial charge in [-0.3, -0.25) is 4.79 Å². The number of hydrogen-bond acceptors (Lipinski definition) is 6. The van der Waals surface area contributed by atoms with E-state index >= 15 is 0 Å². The van der Waals surface area contributed by atoms with Crippen LogP contribution in [0.15, 0.2) is 50.8 Å². The lowest BCUT2D eigenvalue weighted by molar-refractivity contribution is -0.125. The predicted octanol–water partition coefficient (Wildman–Crippen LogP) is 4.06. The monoisotopic (exact) mass is 491 g/mol. The third kappa shape index (κ3) is 6.68. The summed E-state index contributed by atoms with van der Waals surface area (Å²) < 4.78 is 1.06. The van der Waals surface area contributed by atoms with E-state index in [4.69, 9.17) is 0 Å². The summed E-state index contributed by atoms with van der Waals surface area (Å²) in [6, 6.07) is 12.2. The molecule has 1 saturated heterocycles. The molecule has 0 spiro atoms. The van der Waals surface area contributed by atoms with Crippen LogP contribution in [0.1, 0.15) is 26.7 Å². The quantitative estimate of drug-likeness (QED) is 0.570. The first-order chi connectivity index (χ1) is 14.6. The van der Waals surface area contributed by atoms with E-state index in [0.717, 1.165) is 59.2 Å². The van der Waals surface area contributed by atoms with Crippen molar-refractivity contribution < 1.29 is 4.79 Å². The van der Waals surface area contributed by atoms with Gasteiger partial charge in [0, 0.05) is 35.5 Å². The van der Waals surface area contributed by atoms with Gasteiger partial charge in [0.1, 0.15) is 5.03 Å². The van der Waals surface area contributed by atoms with Crippen molar-refractivity contribution in [2.75, 3.05) is 44.2 Å². The fourth-order valence-corrected chi connectivity index (χ4v) is 4.58. The summed E-state index contributed by atoms with van der Waals surface area (Å²) >= 11 is 5.04. The van der Waals surface area contributed by atoms with Crippen molar-refractivity contribution in [2.24, 2.45) is 5.92 Å². The fraction of sp³-hybridized carbons (Fsp3) is 0.500. The van der Waals surface area contributed by atoms with Crippen LogP contribution >= 0.6 is 27.7 Å². The Morgan fingerprint density at radius 1 is 1.20 bits per heavy atom. The standard InChI is InChI=1S/C22H30BrN5OS/c1-3-27(4-2)15-13-24-22(29)17-6-5-14-28(16-17)20-11-12-21(26-25-20)30-19-9-7-18(23)8-10-19/h7-12,17H,3-6,13-16H2,1-2H3,(H,24,29)/t17-/m0/s1. The summed E-state index contributed by atoms with van der Waals surface area (Å²) in [7, 11) is 0. The molecule has 30 heavy (non-hydrogen) atoms. The van der Waals surface area contributed by atoms with E-state index < -0.39 is 0 Å². The average Bonchev–Trinajstić information content (AvgIpc) is 2.79. The zero-order chi connectivity index (χ0) is 21.3. The number of nitrogens with one attached hydrogen (secondary N) is 1. The lowest BCUT2D eigenvalue weighted by Crippen LogP contribution is -2.45. The summed E-state index contributed by atoms with van der Waals surface area (Å²) in [4.78, 5) is 18.2. The van der Waals surface area contributed by atoms with Crippen molar-refractivity contribution in [3.05, 3.63) is 40.9 Å². The molecule has 0 aliphatic carbocycles. The van der Waals surface area contributed by atoms with Gasteiger partial charge in [-0.25, -0.2) is 0 Å². The van der Waals surface area contributed by atoms with E-state index in [1.807, 2.05) is 24.3 Å². The fourth-order valence-electron chi connectivity index (χ4n) is 3.58. The SMILES string of the molecule is CCN(CC)CCNC(=O)[C@H]1CCCN(c2ccc(Sc3ccc(Br)cc3)nn2)C1. The average molecular weight is 492 g/mol. The molecular formula is C22H30BrN5OS. The molecule has 1 aliphatic rings. The first-order valence-corrected chi connectivity index (χ1v) is 12.2. The highest BCUT2D eigenvalue weighted by molar-refractivity contribution is 9.10. The minimum Gasteiger partial charge on any atom is -0.355 e. The molecule has 0 bridgehead atoms. The van der Waals surface area contributed by atoms with Gasteiger partial charge in [0.25, 0.3) is 0 Å². The number of hydrogen-bond donors (Lipinski definition) is 1. The zero-order valence-corrected chi connectivity index (χ0v) is 20.1.